The summed E-state index contributed by atoms with van der Waals surface area (Å²) in [6.07, 6.45) is 4.21. The molecule has 2 aromatic heterocycles. The van der Waals surface area contributed by atoms with Crippen molar-refractivity contribution >= 4 is 5.91 Å². The molecule has 0 unspecified atom stereocenters. The Morgan fingerprint density at radius 3 is 2.92 bits per heavy atom. The van der Waals surface area contributed by atoms with Crippen molar-refractivity contribution in [3.8, 4) is 0 Å². The van der Waals surface area contributed by atoms with E-state index < -0.39 is 0 Å². The van der Waals surface area contributed by atoms with Crippen LogP contribution in [0.4, 0.5) is 0 Å². The average molecular weight is 347 g/mol. The summed E-state index contributed by atoms with van der Waals surface area (Å²) in [7, 11) is 0. The fourth-order valence-corrected chi connectivity index (χ4v) is 3.08. The minimum atomic E-state index is 0.0408. The van der Waals surface area contributed by atoms with Crippen LogP contribution in [0, 0.1) is 0 Å². The van der Waals surface area contributed by atoms with E-state index in [4.69, 9.17) is 4.52 Å². The number of likely N-dealkylation sites (tertiary alicyclic amines) is 1. The lowest BCUT2D eigenvalue weighted by molar-refractivity contribution is -0.131. The van der Waals surface area contributed by atoms with Crippen molar-refractivity contribution in [2.24, 2.45) is 0 Å². The highest BCUT2D eigenvalue weighted by molar-refractivity contribution is 5.73. The van der Waals surface area contributed by atoms with Gasteiger partial charge in [-0.15, -0.1) is 0 Å². The summed E-state index contributed by atoms with van der Waals surface area (Å²) in [6.45, 7) is 9.51. The molecule has 1 aliphatic rings. The summed E-state index contributed by atoms with van der Waals surface area (Å²) < 4.78 is 7.07. The van der Waals surface area contributed by atoms with E-state index in [0.717, 1.165) is 32.6 Å². The summed E-state index contributed by atoms with van der Waals surface area (Å²) in [5.74, 6) is 1.41. The molecule has 0 radical (unpaired) electrons. The number of hydrogen-bond acceptors (Lipinski definition) is 7. The predicted octanol–water partition coefficient (Wildman–Crippen LogP) is 0.907. The van der Waals surface area contributed by atoms with Crippen LogP contribution in [-0.2, 0) is 17.9 Å². The van der Waals surface area contributed by atoms with Crippen molar-refractivity contribution < 1.29 is 9.32 Å². The zero-order chi connectivity index (χ0) is 17.8. The maximum atomic E-state index is 12.1. The number of carbonyl (C=O) groups excluding carboxylic acids is 1. The van der Waals surface area contributed by atoms with Gasteiger partial charge in [-0.1, -0.05) is 19.0 Å². The molecular formula is C16H25N7O2. The van der Waals surface area contributed by atoms with E-state index in [1.54, 1.807) is 19.6 Å². The second kappa shape index (κ2) is 7.73. The van der Waals surface area contributed by atoms with Gasteiger partial charge < -0.3 is 9.42 Å². The largest absolute Gasteiger partial charge is 0.339 e. The van der Waals surface area contributed by atoms with Gasteiger partial charge in [0.15, 0.2) is 5.82 Å². The highest BCUT2D eigenvalue weighted by Gasteiger charge is 2.30. The molecule has 136 valence electrons. The second-order valence-corrected chi connectivity index (χ2v) is 6.75. The quantitative estimate of drug-likeness (QED) is 0.735. The van der Waals surface area contributed by atoms with E-state index in [1.807, 2.05) is 23.4 Å². The molecule has 9 heteroatoms. The van der Waals surface area contributed by atoms with Gasteiger partial charge >= 0.3 is 0 Å². The average Bonchev–Trinajstić information content (AvgIpc) is 3.31. The standard InChI is InChI=1S/C16H25N7O2/c1-12(2)16-19-15(20-25-16)9-23(13(3)24)14-4-5-21(8-14)6-7-22-11-17-10-18-22/h10-12,14H,4-9H2,1-3H3/t14-/m0/s1. The third kappa shape index (κ3) is 4.41. The smallest absolute Gasteiger partial charge is 0.229 e. The molecule has 9 nitrogen and oxygen atoms in total. The number of hydrogen-bond donors (Lipinski definition) is 0. The third-order valence-corrected chi connectivity index (χ3v) is 4.49. The SMILES string of the molecule is CC(=O)N(Cc1noc(C(C)C)n1)[C@H]1CCN(CCn2cncn2)C1. The molecule has 0 saturated carbocycles. The van der Waals surface area contributed by atoms with Crippen molar-refractivity contribution in [1.82, 2.24) is 34.7 Å². The van der Waals surface area contributed by atoms with Gasteiger partial charge in [0.1, 0.15) is 12.7 Å². The molecule has 0 aromatic carbocycles. The molecule has 2 aromatic rings. The number of rotatable bonds is 7. The van der Waals surface area contributed by atoms with Gasteiger partial charge in [-0.2, -0.15) is 10.1 Å². The van der Waals surface area contributed by atoms with Crippen LogP contribution in [0.5, 0.6) is 0 Å². The van der Waals surface area contributed by atoms with E-state index in [9.17, 15) is 4.79 Å². The normalized spacial score (nSPS) is 18.2. The van der Waals surface area contributed by atoms with Gasteiger partial charge in [0.2, 0.25) is 11.8 Å². The first-order valence-electron chi connectivity index (χ1n) is 8.67. The molecular weight excluding hydrogens is 322 g/mol. The van der Waals surface area contributed by atoms with Gasteiger partial charge in [0, 0.05) is 38.5 Å². The minimum Gasteiger partial charge on any atom is -0.339 e. The molecule has 1 aliphatic heterocycles. The molecule has 1 amide bonds. The fourth-order valence-electron chi connectivity index (χ4n) is 3.08. The Labute approximate surface area is 147 Å². The minimum absolute atomic E-state index is 0.0408. The van der Waals surface area contributed by atoms with E-state index in [2.05, 4.69) is 25.1 Å². The Balaban J connectivity index is 1.56. The maximum absolute atomic E-state index is 12.1. The van der Waals surface area contributed by atoms with Crippen LogP contribution in [-0.4, -0.2) is 66.3 Å². The summed E-state index contributed by atoms with van der Waals surface area (Å²) in [4.78, 5) is 24.7. The molecule has 0 bridgehead atoms. The lowest BCUT2D eigenvalue weighted by Gasteiger charge is -2.27. The summed E-state index contributed by atoms with van der Waals surface area (Å²) in [6, 6.07) is 0.175. The molecule has 0 spiro atoms. The van der Waals surface area contributed by atoms with Crippen molar-refractivity contribution in [2.45, 2.75) is 52.2 Å². The van der Waals surface area contributed by atoms with Crippen LogP contribution >= 0.6 is 0 Å². The van der Waals surface area contributed by atoms with Gasteiger partial charge in [-0.05, 0) is 6.42 Å². The van der Waals surface area contributed by atoms with Gasteiger partial charge in [-0.25, -0.2) is 4.98 Å². The summed E-state index contributed by atoms with van der Waals surface area (Å²) >= 11 is 0. The number of nitrogens with zero attached hydrogens (tertiary/aromatic N) is 7. The molecule has 0 aliphatic carbocycles. The summed E-state index contributed by atoms with van der Waals surface area (Å²) in [5.41, 5.74) is 0. The van der Waals surface area contributed by atoms with Crippen LogP contribution in [0.2, 0.25) is 0 Å². The van der Waals surface area contributed by atoms with Crippen LogP contribution in [0.3, 0.4) is 0 Å². The molecule has 3 rings (SSSR count). The Morgan fingerprint density at radius 1 is 1.44 bits per heavy atom. The molecule has 3 heterocycles. The Morgan fingerprint density at radius 2 is 2.28 bits per heavy atom. The Bertz CT molecular complexity index is 682. The van der Waals surface area contributed by atoms with Crippen LogP contribution in [0.1, 0.15) is 44.8 Å². The predicted molar refractivity (Wildman–Crippen MR) is 89.5 cm³/mol. The number of amides is 1. The summed E-state index contributed by atoms with van der Waals surface area (Å²) in [5, 5.41) is 8.13. The number of carbonyl (C=O) groups is 1. The maximum Gasteiger partial charge on any atom is 0.229 e. The third-order valence-electron chi connectivity index (χ3n) is 4.49. The molecule has 0 N–H and O–H groups in total. The molecule has 1 fully saturated rings. The zero-order valence-electron chi connectivity index (χ0n) is 15.0. The van der Waals surface area contributed by atoms with Gasteiger partial charge in [0.05, 0.1) is 13.1 Å². The van der Waals surface area contributed by atoms with Crippen LogP contribution in [0.25, 0.3) is 0 Å². The van der Waals surface area contributed by atoms with Crippen molar-refractivity contribution in [3.63, 3.8) is 0 Å². The number of aromatic nitrogens is 5. The first-order valence-corrected chi connectivity index (χ1v) is 8.67. The Hall–Kier alpha value is -2.29. The topological polar surface area (TPSA) is 93.2 Å². The second-order valence-electron chi connectivity index (χ2n) is 6.75. The first kappa shape index (κ1) is 17.5. The van der Waals surface area contributed by atoms with Gasteiger partial charge in [-0.3, -0.25) is 14.4 Å². The van der Waals surface area contributed by atoms with Crippen molar-refractivity contribution in [2.75, 3.05) is 19.6 Å². The molecule has 1 atom stereocenters. The van der Waals surface area contributed by atoms with Crippen LogP contribution < -0.4 is 0 Å². The Kier molecular flexibility index (Phi) is 5.42. The lowest BCUT2D eigenvalue weighted by Crippen LogP contribution is -2.40. The first-order chi connectivity index (χ1) is 12.0. The van der Waals surface area contributed by atoms with Gasteiger partial charge in [0.25, 0.3) is 0 Å². The lowest BCUT2D eigenvalue weighted by atomic mass is 10.2. The molecule has 1 saturated heterocycles. The van der Waals surface area contributed by atoms with E-state index in [-0.39, 0.29) is 17.9 Å². The van der Waals surface area contributed by atoms with E-state index in [0.29, 0.717) is 18.3 Å². The van der Waals surface area contributed by atoms with Crippen molar-refractivity contribution in [3.05, 3.63) is 24.4 Å². The molecule has 25 heavy (non-hydrogen) atoms. The van der Waals surface area contributed by atoms with E-state index in [1.165, 1.54) is 0 Å². The zero-order valence-corrected chi connectivity index (χ0v) is 15.0. The van der Waals surface area contributed by atoms with Crippen LogP contribution in [0.15, 0.2) is 17.2 Å². The monoisotopic (exact) mass is 347 g/mol. The highest BCUT2D eigenvalue weighted by Crippen LogP contribution is 2.19. The van der Waals surface area contributed by atoms with Crippen molar-refractivity contribution in [1.29, 1.82) is 0 Å². The van der Waals surface area contributed by atoms with E-state index >= 15 is 0 Å². The highest BCUT2D eigenvalue weighted by atomic mass is 16.5. The fraction of sp³-hybridized carbons (Fsp3) is 0.688.